The van der Waals surface area contributed by atoms with Crippen molar-refractivity contribution in [2.24, 2.45) is 0 Å². The Labute approximate surface area is 106 Å². The van der Waals surface area contributed by atoms with Gasteiger partial charge in [0, 0.05) is 6.54 Å². The Morgan fingerprint density at radius 3 is 2.56 bits per heavy atom. The van der Waals surface area contributed by atoms with Crippen LogP contribution in [0, 0.1) is 0 Å². The zero-order chi connectivity index (χ0) is 13.5. The van der Waals surface area contributed by atoms with Gasteiger partial charge in [-0.25, -0.2) is 4.79 Å². The number of benzene rings is 1. The molecule has 5 heteroatoms. The number of hydrogen-bond acceptors (Lipinski definition) is 4. The summed E-state index contributed by atoms with van der Waals surface area (Å²) in [6.07, 6.45) is 0.835. The predicted molar refractivity (Wildman–Crippen MR) is 66.2 cm³/mol. The third kappa shape index (κ3) is 3.48. The number of ether oxygens (including phenoxy) is 2. The van der Waals surface area contributed by atoms with Gasteiger partial charge in [-0.05, 0) is 23.6 Å². The van der Waals surface area contributed by atoms with E-state index >= 15 is 0 Å². The van der Waals surface area contributed by atoms with E-state index in [1.54, 1.807) is 7.11 Å². The molecule has 0 aliphatic heterocycles. The topological polar surface area (TPSA) is 64.6 Å². The van der Waals surface area contributed by atoms with Gasteiger partial charge in [-0.2, -0.15) is 0 Å². The maximum Gasteiger partial charge on any atom is 0.396 e. The Bertz CT molecular complexity index is 443. The van der Waals surface area contributed by atoms with Gasteiger partial charge in [0.2, 0.25) is 0 Å². The largest absolute Gasteiger partial charge is 0.496 e. The van der Waals surface area contributed by atoms with Crippen molar-refractivity contribution in [3.05, 3.63) is 29.3 Å². The third-order valence-corrected chi connectivity index (χ3v) is 2.55. The molecule has 0 saturated heterocycles. The third-order valence-electron chi connectivity index (χ3n) is 2.55. The maximum absolute atomic E-state index is 11.2. The molecule has 18 heavy (non-hydrogen) atoms. The van der Waals surface area contributed by atoms with Crippen molar-refractivity contribution in [1.82, 2.24) is 5.32 Å². The molecule has 0 unspecified atom stereocenters. The molecule has 5 nitrogen and oxygen atoms in total. The summed E-state index contributed by atoms with van der Waals surface area (Å²) in [4.78, 5) is 22.1. The number of nitrogens with one attached hydrogen (secondary N) is 1. The van der Waals surface area contributed by atoms with Gasteiger partial charge in [0.1, 0.15) is 5.75 Å². The molecule has 98 valence electrons. The molecule has 0 bridgehead atoms. The lowest BCUT2D eigenvalue weighted by Crippen LogP contribution is -2.31. The summed E-state index contributed by atoms with van der Waals surface area (Å²) < 4.78 is 9.52. The quantitative estimate of drug-likeness (QED) is 0.641. The van der Waals surface area contributed by atoms with E-state index in [2.05, 4.69) is 10.1 Å². The van der Waals surface area contributed by atoms with Crippen LogP contribution in [0.5, 0.6) is 5.75 Å². The van der Waals surface area contributed by atoms with Crippen molar-refractivity contribution < 1.29 is 19.1 Å². The highest BCUT2D eigenvalue weighted by molar-refractivity contribution is 6.32. The molecule has 0 saturated carbocycles. The molecule has 0 radical (unpaired) electrons. The van der Waals surface area contributed by atoms with Gasteiger partial charge in [0.05, 0.1) is 14.2 Å². The predicted octanol–water partition coefficient (Wildman–Crippen LogP) is 1.05. The van der Waals surface area contributed by atoms with Crippen molar-refractivity contribution in [2.75, 3.05) is 14.2 Å². The standard InChI is InChI=1S/C13H17NO4/c1-4-10-7-9(5-6-11(10)17-2)8-14-12(15)13(16)18-3/h5-7H,4,8H2,1-3H3,(H,14,15). The summed E-state index contributed by atoms with van der Waals surface area (Å²) in [7, 11) is 2.79. The number of carbonyl (C=O) groups is 2. The molecule has 1 N–H and O–H groups in total. The van der Waals surface area contributed by atoms with Gasteiger partial charge in [-0.1, -0.05) is 19.1 Å². The normalized spacial score (nSPS) is 9.72. The molecule has 1 aromatic rings. The number of rotatable bonds is 4. The number of carbonyl (C=O) groups excluding carboxylic acids is 2. The maximum atomic E-state index is 11.2. The van der Waals surface area contributed by atoms with Crippen LogP contribution in [-0.4, -0.2) is 26.1 Å². The summed E-state index contributed by atoms with van der Waals surface area (Å²) in [5, 5.41) is 2.48. The molecule has 0 aromatic heterocycles. The number of hydrogen-bond donors (Lipinski definition) is 1. The lowest BCUT2D eigenvalue weighted by atomic mass is 10.1. The van der Waals surface area contributed by atoms with Crippen molar-refractivity contribution in [1.29, 1.82) is 0 Å². The summed E-state index contributed by atoms with van der Waals surface area (Å²) in [6, 6.07) is 5.63. The average molecular weight is 251 g/mol. The first-order valence-electron chi connectivity index (χ1n) is 5.64. The highest BCUT2D eigenvalue weighted by Gasteiger charge is 2.12. The Kier molecular flexibility index (Phi) is 5.17. The van der Waals surface area contributed by atoms with Crippen molar-refractivity contribution >= 4 is 11.9 Å². The molecular formula is C13H17NO4. The molecule has 0 fully saturated rings. The SMILES string of the molecule is CCc1cc(CNC(=O)C(=O)OC)ccc1OC. The van der Waals surface area contributed by atoms with Crippen LogP contribution in [0.2, 0.25) is 0 Å². The van der Waals surface area contributed by atoms with Crippen molar-refractivity contribution in [3.8, 4) is 5.75 Å². The Hall–Kier alpha value is -2.04. The van der Waals surface area contributed by atoms with Crippen LogP contribution in [0.3, 0.4) is 0 Å². The van der Waals surface area contributed by atoms with Gasteiger partial charge in [0.15, 0.2) is 0 Å². The molecule has 0 heterocycles. The van der Waals surface area contributed by atoms with Crippen LogP contribution >= 0.6 is 0 Å². The second-order valence-corrected chi connectivity index (χ2v) is 3.67. The summed E-state index contributed by atoms with van der Waals surface area (Å²) in [5.41, 5.74) is 1.97. The van der Waals surface area contributed by atoms with E-state index in [-0.39, 0.29) is 6.54 Å². The van der Waals surface area contributed by atoms with Gasteiger partial charge in [-0.15, -0.1) is 0 Å². The fourth-order valence-corrected chi connectivity index (χ4v) is 1.57. The van der Waals surface area contributed by atoms with E-state index in [9.17, 15) is 9.59 Å². The number of amides is 1. The minimum atomic E-state index is -0.890. The van der Waals surface area contributed by atoms with Crippen LogP contribution in [0.15, 0.2) is 18.2 Å². The first-order valence-corrected chi connectivity index (χ1v) is 5.64. The second-order valence-electron chi connectivity index (χ2n) is 3.67. The highest BCUT2D eigenvalue weighted by Crippen LogP contribution is 2.20. The fourth-order valence-electron chi connectivity index (χ4n) is 1.57. The van der Waals surface area contributed by atoms with E-state index in [1.165, 1.54) is 7.11 Å². The van der Waals surface area contributed by atoms with Crippen molar-refractivity contribution in [3.63, 3.8) is 0 Å². The van der Waals surface area contributed by atoms with Gasteiger partial charge in [-0.3, -0.25) is 4.79 Å². The minimum Gasteiger partial charge on any atom is -0.496 e. The number of methoxy groups -OCH3 is 2. The monoisotopic (exact) mass is 251 g/mol. The lowest BCUT2D eigenvalue weighted by Gasteiger charge is -2.09. The molecule has 1 aromatic carbocycles. The van der Waals surface area contributed by atoms with Crippen LogP contribution in [0.1, 0.15) is 18.1 Å². The van der Waals surface area contributed by atoms with E-state index in [1.807, 2.05) is 25.1 Å². The van der Waals surface area contributed by atoms with E-state index in [0.29, 0.717) is 0 Å². The summed E-state index contributed by atoms with van der Waals surface area (Å²) in [6.45, 7) is 2.31. The molecule has 0 spiro atoms. The first-order chi connectivity index (χ1) is 8.62. The van der Waals surface area contributed by atoms with Crippen LogP contribution in [-0.2, 0) is 27.3 Å². The van der Waals surface area contributed by atoms with Gasteiger partial charge in [0.25, 0.3) is 0 Å². The zero-order valence-corrected chi connectivity index (χ0v) is 10.8. The summed E-state index contributed by atoms with van der Waals surface area (Å²) >= 11 is 0. The molecule has 1 rings (SSSR count). The Morgan fingerprint density at radius 1 is 1.28 bits per heavy atom. The van der Waals surface area contributed by atoms with Crippen LogP contribution in [0.4, 0.5) is 0 Å². The minimum absolute atomic E-state index is 0.283. The number of esters is 1. The fraction of sp³-hybridized carbons (Fsp3) is 0.385. The summed E-state index contributed by atoms with van der Waals surface area (Å²) in [5.74, 6) is -0.814. The van der Waals surface area contributed by atoms with Crippen LogP contribution < -0.4 is 10.1 Å². The van der Waals surface area contributed by atoms with Gasteiger partial charge >= 0.3 is 11.9 Å². The molecule has 0 atom stereocenters. The highest BCUT2D eigenvalue weighted by atomic mass is 16.5. The zero-order valence-electron chi connectivity index (χ0n) is 10.8. The molecule has 0 aliphatic carbocycles. The van der Waals surface area contributed by atoms with Crippen molar-refractivity contribution in [2.45, 2.75) is 19.9 Å². The van der Waals surface area contributed by atoms with E-state index in [4.69, 9.17) is 4.74 Å². The van der Waals surface area contributed by atoms with E-state index in [0.717, 1.165) is 23.3 Å². The average Bonchev–Trinajstić information content (AvgIpc) is 2.43. The van der Waals surface area contributed by atoms with Crippen LogP contribution in [0.25, 0.3) is 0 Å². The number of aryl methyl sites for hydroxylation is 1. The molecule has 1 amide bonds. The Morgan fingerprint density at radius 2 is 2.00 bits per heavy atom. The lowest BCUT2D eigenvalue weighted by molar-refractivity contribution is -0.152. The molecular weight excluding hydrogens is 234 g/mol. The smallest absolute Gasteiger partial charge is 0.396 e. The Balaban J connectivity index is 2.68. The van der Waals surface area contributed by atoms with Gasteiger partial charge < -0.3 is 14.8 Å². The van der Waals surface area contributed by atoms with E-state index < -0.39 is 11.9 Å². The first kappa shape index (κ1) is 14.0. The second kappa shape index (κ2) is 6.64. The molecule has 0 aliphatic rings.